The molecule has 0 fully saturated rings. The van der Waals surface area contributed by atoms with Crippen LogP contribution in [-0.4, -0.2) is 16.9 Å². The van der Waals surface area contributed by atoms with Gasteiger partial charge in [-0.1, -0.05) is 46.9 Å². The van der Waals surface area contributed by atoms with Crippen LogP contribution in [0.5, 0.6) is 0 Å². The molecule has 0 spiro atoms. The molecular weight excluding hydrogens is 553 g/mol. The Balaban J connectivity index is 1.29. The lowest BCUT2D eigenvalue weighted by molar-refractivity contribution is -0.115. The first-order valence-corrected chi connectivity index (χ1v) is 12.3. The lowest BCUT2D eigenvalue weighted by atomic mass is 10.2. The van der Waals surface area contributed by atoms with Gasteiger partial charge in [0.05, 0.1) is 10.0 Å². The number of rotatable bonds is 6. The summed E-state index contributed by atoms with van der Waals surface area (Å²) in [5, 5.41) is 9.66. The van der Waals surface area contributed by atoms with Crippen molar-refractivity contribution >= 4 is 81.4 Å². The van der Waals surface area contributed by atoms with E-state index in [0.717, 1.165) is 0 Å². The second-order valence-corrected chi connectivity index (χ2v) is 9.25. The predicted molar refractivity (Wildman–Crippen MR) is 153 cm³/mol. The minimum Gasteiger partial charge on any atom is -0.457 e. The Kier molecular flexibility index (Phi) is 8.63. The van der Waals surface area contributed by atoms with Gasteiger partial charge in [-0.15, -0.1) is 0 Å². The monoisotopic (exact) mass is 569 g/mol. The summed E-state index contributed by atoms with van der Waals surface area (Å²) < 4.78 is 5.73. The summed E-state index contributed by atoms with van der Waals surface area (Å²) in [7, 11) is 0. The van der Waals surface area contributed by atoms with Gasteiger partial charge in [0.2, 0.25) is 5.91 Å². The normalized spacial score (nSPS) is 10.8. The van der Waals surface area contributed by atoms with E-state index in [1.807, 2.05) is 0 Å². The third-order valence-electron chi connectivity index (χ3n) is 4.97. The van der Waals surface area contributed by atoms with Crippen LogP contribution in [0.2, 0.25) is 15.1 Å². The Morgan fingerprint density at radius 3 is 2.27 bits per heavy atom. The lowest BCUT2D eigenvalue weighted by Crippen LogP contribution is -2.32. The van der Waals surface area contributed by atoms with E-state index in [0.29, 0.717) is 49.1 Å². The molecule has 37 heavy (non-hydrogen) atoms. The van der Waals surface area contributed by atoms with E-state index in [-0.39, 0.29) is 11.0 Å². The van der Waals surface area contributed by atoms with Crippen molar-refractivity contribution in [3.05, 3.63) is 111 Å². The summed E-state index contributed by atoms with van der Waals surface area (Å²) in [6.45, 7) is 0. The largest absolute Gasteiger partial charge is 0.457 e. The molecule has 0 saturated carbocycles. The molecule has 1 heterocycles. The van der Waals surface area contributed by atoms with Crippen LogP contribution in [0.4, 0.5) is 11.4 Å². The minimum absolute atomic E-state index is 0.108. The zero-order valence-corrected chi connectivity index (χ0v) is 22.0. The maximum Gasteiger partial charge on any atom is 0.255 e. The molecule has 0 aliphatic rings. The zero-order chi connectivity index (χ0) is 26.4. The Labute approximate surface area is 233 Å². The number of thiocarbonyl (C=S) groups is 1. The number of carbonyl (C=O) groups is 2. The van der Waals surface area contributed by atoms with Gasteiger partial charge in [0.15, 0.2) is 5.11 Å². The SMILES string of the molecule is O=C(C=Cc1ccc(-c2cccc(Cl)c2Cl)o1)NC(=S)Nc1ccc(NC(=O)c2cccc(Cl)c2)cc1. The fraction of sp³-hybridized carbons (Fsp3) is 0. The number of nitrogens with one attached hydrogen (secondary N) is 3. The first-order chi connectivity index (χ1) is 17.8. The van der Waals surface area contributed by atoms with Crippen LogP contribution in [0, 0.1) is 0 Å². The average Bonchev–Trinajstić information content (AvgIpc) is 3.34. The van der Waals surface area contributed by atoms with Gasteiger partial charge >= 0.3 is 0 Å². The van der Waals surface area contributed by atoms with E-state index in [4.69, 9.17) is 51.4 Å². The van der Waals surface area contributed by atoms with Crippen molar-refractivity contribution in [2.75, 3.05) is 10.6 Å². The van der Waals surface area contributed by atoms with Crippen LogP contribution in [0.25, 0.3) is 17.4 Å². The molecule has 4 aromatic rings. The Bertz CT molecular complexity index is 1500. The van der Waals surface area contributed by atoms with Gasteiger partial charge in [0.25, 0.3) is 5.91 Å². The van der Waals surface area contributed by atoms with E-state index in [1.165, 1.54) is 12.2 Å². The Hall–Kier alpha value is -3.62. The summed E-state index contributed by atoms with van der Waals surface area (Å²) in [6.07, 6.45) is 2.81. The predicted octanol–water partition coefficient (Wildman–Crippen LogP) is 7.69. The smallest absolute Gasteiger partial charge is 0.255 e. The Morgan fingerprint density at radius 1 is 0.838 bits per heavy atom. The van der Waals surface area contributed by atoms with E-state index >= 15 is 0 Å². The van der Waals surface area contributed by atoms with Crippen molar-refractivity contribution < 1.29 is 14.0 Å². The molecular formula is C27H18Cl3N3O3S. The highest BCUT2D eigenvalue weighted by Gasteiger charge is 2.11. The standard InChI is InChI=1S/C27H18Cl3N3O3S/c28-17-4-1-3-16(15-17)26(35)31-18-7-9-19(10-8-18)32-27(37)33-24(34)14-12-20-11-13-23(36-20)21-5-2-6-22(29)25(21)30/h1-15H,(H,31,35)(H2,32,33,34,37). The fourth-order valence-corrected chi connectivity index (χ4v) is 4.03. The minimum atomic E-state index is -0.443. The average molecular weight is 571 g/mol. The van der Waals surface area contributed by atoms with Crippen LogP contribution in [0.3, 0.4) is 0 Å². The van der Waals surface area contributed by atoms with Crippen LogP contribution >= 0.6 is 47.0 Å². The highest BCUT2D eigenvalue weighted by atomic mass is 35.5. The van der Waals surface area contributed by atoms with Gasteiger partial charge < -0.3 is 15.1 Å². The molecule has 3 N–H and O–H groups in total. The van der Waals surface area contributed by atoms with Gasteiger partial charge in [-0.3, -0.25) is 14.9 Å². The summed E-state index contributed by atoms with van der Waals surface area (Å²) >= 11 is 23.4. The fourth-order valence-electron chi connectivity index (χ4n) is 3.22. The number of hydrogen-bond donors (Lipinski definition) is 3. The van der Waals surface area contributed by atoms with Gasteiger partial charge in [0, 0.05) is 33.6 Å². The number of hydrogen-bond acceptors (Lipinski definition) is 4. The van der Waals surface area contributed by atoms with Crippen molar-refractivity contribution in [2.24, 2.45) is 0 Å². The third-order valence-corrected chi connectivity index (χ3v) is 6.23. The molecule has 4 rings (SSSR count). The summed E-state index contributed by atoms with van der Waals surface area (Å²) in [5.41, 5.74) is 2.32. The maximum atomic E-state index is 12.3. The van der Waals surface area contributed by atoms with Crippen molar-refractivity contribution in [1.29, 1.82) is 0 Å². The summed E-state index contributed by atoms with van der Waals surface area (Å²) in [5.74, 6) is 0.256. The first kappa shape index (κ1) is 26.4. The van der Waals surface area contributed by atoms with E-state index in [9.17, 15) is 9.59 Å². The maximum absolute atomic E-state index is 12.3. The number of carbonyl (C=O) groups excluding carboxylic acids is 2. The van der Waals surface area contributed by atoms with Crippen LogP contribution < -0.4 is 16.0 Å². The highest BCUT2D eigenvalue weighted by molar-refractivity contribution is 7.80. The molecule has 2 amide bonds. The first-order valence-electron chi connectivity index (χ1n) is 10.8. The van der Waals surface area contributed by atoms with Crippen molar-refractivity contribution in [3.8, 4) is 11.3 Å². The van der Waals surface area contributed by atoms with E-state index in [1.54, 1.807) is 78.9 Å². The number of furan rings is 1. The molecule has 0 aliphatic heterocycles. The summed E-state index contributed by atoms with van der Waals surface area (Å²) in [4.78, 5) is 24.6. The molecule has 6 nitrogen and oxygen atoms in total. The van der Waals surface area contributed by atoms with Crippen molar-refractivity contribution in [3.63, 3.8) is 0 Å². The lowest BCUT2D eigenvalue weighted by Gasteiger charge is -2.10. The number of amides is 2. The topological polar surface area (TPSA) is 83.4 Å². The molecule has 0 radical (unpaired) electrons. The van der Waals surface area contributed by atoms with Gasteiger partial charge in [0.1, 0.15) is 11.5 Å². The van der Waals surface area contributed by atoms with Gasteiger partial charge in [-0.25, -0.2) is 0 Å². The molecule has 0 bridgehead atoms. The molecule has 186 valence electrons. The third kappa shape index (κ3) is 7.21. The zero-order valence-electron chi connectivity index (χ0n) is 18.9. The second-order valence-electron chi connectivity index (χ2n) is 7.62. The van der Waals surface area contributed by atoms with Crippen molar-refractivity contribution in [1.82, 2.24) is 5.32 Å². The number of anilines is 2. The van der Waals surface area contributed by atoms with E-state index < -0.39 is 5.91 Å². The second kappa shape index (κ2) is 12.1. The molecule has 0 unspecified atom stereocenters. The van der Waals surface area contributed by atoms with E-state index in [2.05, 4.69) is 16.0 Å². The molecule has 0 saturated heterocycles. The van der Waals surface area contributed by atoms with Crippen LogP contribution in [-0.2, 0) is 4.79 Å². The highest BCUT2D eigenvalue weighted by Crippen LogP contribution is 2.34. The molecule has 0 atom stereocenters. The molecule has 0 aliphatic carbocycles. The quantitative estimate of drug-likeness (QED) is 0.164. The number of halogens is 3. The Morgan fingerprint density at radius 2 is 1.54 bits per heavy atom. The molecule has 3 aromatic carbocycles. The van der Waals surface area contributed by atoms with Gasteiger partial charge in [-0.05, 0) is 85.0 Å². The number of benzene rings is 3. The molecule has 1 aromatic heterocycles. The van der Waals surface area contributed by atoms with Gasteiger partial charge in [-0.2, -0.15) is 0 Å². The van der Waals surface area contributed by atoms with Crippen molar-refractivity contribution in [2.45, 2.75) is 0 Å². The molecule has 10 heteroatoms. The van der Waals surface area contributed by atoms with Crippen LogP contribution in [0.1, 0.15) is 16.1 Å². The van der Waals surface area contributed by atoms with Crippen LogP contribution in [0.15, 0.2) is 89.4 Å². The summed E-state index contributed by atoms with van der Waals surface area (Å²) in [6, 6.07) is 22.2.